The second-order valence-electron chi connectivity index (χ2n) is 6.23. The molecule has 0 saturated carbocycles. The van der Waals surface area contributed by atoms with E-state index < -0.39 is 6.10 Å². The predicted octanol–water partition coefficient (Wildman–Crippen LogP) is 3.66. The third-order valence-corrected chi connectivity index (χ3v) is 4.20. The van der Waals surface area contributed by atoms with Crippen molar-refractivity contribution in [2.45, 2.75) is 39.8 Å². The van der Waals surface area contributed by atoms with Crippen LogP contribution in [0.25, 0.3) is 11.0 Å². The zero-order chi connectivity index (χ0) is 17.1. The molecule has 3 rings (SSSR count). The van der Waals surface area contributed by atoms with Crippen LogP contribution in [0.1, 0.15) is 23.9 Å². The van der Waals surface area contributed by atoms with Gasteiger partial charge in [-0.25, -0.2) is 4.98 Å². The molecule has 0 fully saturated rings. The SMILES string of the molecule is CCc1cc(C)cc(OC[C@@H](O)Cn2c(C)nc3ccccc32)c1. The van der Waals surface area contributed by atoms with Crippen molar-refractivity contribution in [3.05, 3.63) is 59.4 Å². The van der Waals surface area contributed by atoms with Crippen LogP contribution in [-0.4, -0.2) is 27.4 Å². The van der Waals surface area contributed by atoms with E-state index in [0.717, 1.165) is 29.0 Å². The van der Waals surface area contributed by atoms with E-state index in [2.05, 4.69) is 24.9 Å². The van der Waals surface area contributed by atoms with Crippen LogP contribution in [0.2, 0.25) is 0 Å². The lowest BCUT2D eigenvalue weighted by Gasteiger charge is -2.15. The lowest BCUT2D eigenvalue weighted by Crippen LogP contribution is -2.24. The molecule has 0 aliphatic carbocycles. The van der Waals surface area contributed by atoms with Gasteiger partial charge in [-0.3, -0.25) is 0 Å². The number of nitrogens with zero attached hydrogens (tertiary/aromatic N) is 2. The van der Waals surface area contributed by atoms with Crippen molar-refractivity contribution in [1.29, 1.82) is 0 Å². The summed E-state index contributed by atoms with van der Waals surface area (Å²) in [5.41, 5.74) is 4.42. The molecule has 3 aromatic rings. The van der Waals surface area contributed by atoms with E-state index in [1.165, 1.54) is 11.1 Å². The van der Waals surface area contributed by atoms with Crippen LogP contribution < -0.4 is 4.74 Å². The van der Waals surface area contributed by atoms with Gasteiger partial charge in [-0.15, -0.1) is 0 Å². The fraction of sp³-hybridized carbons (Fsp3) is 0.350. The molecule has 0 saturated heterocycles. The van der Waals surface area contributed by atoms with Gasteiger partial charge in [0.1, 0.15) is 24.3 Å². The third-order valence-electron chi connectivity index (χ3n) is 4.20. The van der Waals surface area contributed by atoms with Crippen LogP contribution in [0, 0.1) is 13.8 Å². The minimum Gasteiger partial charge on any atom is -0.491 e. The Balaban J connectivity index is 1.68. The number of hydrogen-bond donors (Lipinski definition) is 1. The number of aryl methyl sites for hydroxylation is 3. The molecule has 0 aliphatic heterocycles. The molecule has 0 unspecified atom stereocenters. The first-order valence-electron chi connectivity index (χ1n) is 8.40. The van der Waals surface area contributed by atoms with E-state index in [0.29, 0.717) is 6.54 Å². The lowest BCUT2D eigenvalue weighted by atomic mass is 10.1. The zero-order valence-corrected chi connectivity index (χ0v) is 14.5. The molecule has 1 atom stereocenters. The number of hydrogen-bond acceptors (Lipinski definition) is 3. The highest BCUT2D eigenvalue weighted by atomic mass is 16.5. The van der Waals surface area contributed by atoms with Crippen molar-refractivity contribution in [2.24, 2.45) is 0 Å². The molecule has 2 aromatic carbocycles. The lowest BCUT2D eigenvalue weighted by molar-refractivity contribution is 0.0928. The molecule has 0 aliphatic rings. The van der Waals surface area contributed by atoms with Crippen molar-refractivity contribution < 1.29 is 9.84 Å². The minimum atomic E-state index is -0.591. The predicted molar refractivity (Wildman–Crippen MR) is 96.5 cm³/mol. The number of fused-ring (bicyclic) bond motifs is 1. The summed E-state index contributed by atoms with van der Waals surface area (Å²) < 4.78 is 7.85. The fourth-order valence-electron chi connectivity index (χ4n) is 2.99. The van der Waals surface area contributed by atoms with E-state index >= 15 is 0 Å². The van der Waals surface area contributed by atoms with Crippen LogP contribution in [0.15, 0.2) is 42.5 Å². The van der Waals surface area contributed by atoms with Crippen LogP contribution >= 0.6 is 0 Å². The van der Waals surface area contributed by atoms with Crippen LogP contribution in [-0.2, 0) is 13.0 Å². The number of aromatic nitrogens is 2. The molecule has 0 bridgehead atoms. The summed E-state index contributed by atoms with van der Waals surface area (Å²) in [5, 5.41) is 10.4. The van der Waals surface area contributed by atoms with Gasteiger partial charge in [-0.1, -0.05) is 25.1 Å². The summed E-state index contributed by atoms with van der Waals surface area (Å²) in [7, 11) is 0. The summed E-state index contributed by atoms with van der Waals surface area (Å²) in [6.45, 7) is 6.88. The maximum absolute atomic E-state index is 10.4. The summed E-state index contributed by atoms with van der Waals surface area (Å²) >= 11 is 0. The van der Waals surface area contributed by atoms with Crippen LogP contribution in [0.4, 0.5) is 0 Å². The molecular weight excluding hydrogens is 300 g/mol. The van der Waals surface area contributed by atoms with Gasteiger partial charge >= 0.3 is 0 Å². The van der Waals surface area contributed by atoms with E-state index in [-0.39, 0.29) is 6.61 Å². The van der Waals surface area contributed by atoms with Crippen molar-refractivity contribution in [3.8, 4) is 5.75 Å². The molecule has 4 nitrogen and oxygen atoms in total. The number of rotatable bonds is 6. The highest BCUT2D eigenvalue weighted by molar-refractivity contribution is 5.75. The van der Waals surface area contributed by atoms with E-state index in [1.54, 1.807) is 0 Å². The van der Waals surface area contributed by atoms with Crippen LogP contribution in [0.3, 0.4) is 0 Å². The van der Waals surface area contributed by atoms with Gasteiger partial charge in [0.2, 0.25) is 0 Å². The summed E-state index contributed by atoms with van der Waals surface area (Å²) in [4.78, 5) is 4.53. The zero-order valence-electron chi connectivity index (χ0n) is 14.5. The quantitative estimate of drug-likeness (QED) is 0.753. The minimum absolute atomic E-state index is 0.262. The standard InChI is InChI=1S/C20H24N2O2/c1-4-16-9-14(2)10-18(11-16)24-13-17(23)12-22-15(3)21-19-7-5-6-8-20(19)22/h5-11,17,23H,4,12-13H2,1-3H3/t17-/m0/s1. The molecule has 1 aromatic heterocycles. The largest absolute Gasteiger partial charge is 0.491 e. The van der Waals surface area contributed by atoms with E-state index in [1.807, 2.05) is 47.9 Å². The Labute approximate surface area is 142 Å². The Morgan fingerprint density at radius 1 is 1.17 bits per heavy atom. The van der Waals surface area contributed by atoms with Crippen molar-refractivity contribution >= 4 is 11.0 Å². The van der Waals surface area contributed by atoms with Gasteiger partial charge < -0.3 is 14.4 Å². The van der Waals surface area contributed by atoms with Crippen LogP contribution in [0.5, 0.6) is 5.75 Å². The smallest absolute Gasteiger partial charge is 0.119 e. The summed E-state index contributed by atoms with van der Waals surface area (Å²) in [6.07, 6.45) is 0.382. The first kappa shape index (κ1) is 16.5. The Hall–Kier alpha value is -2.33. The van der Waals surface area contributed by atoms with Gasteiger partial charge in [0, 0.05) is 0 Å². The first-order chi connectivity index (χ1) is 11.6. The molecule has 0 radical (unpaired) electrons. The maximum atomic E-state index is 10.4. The van der Waals surface area contributed by atoms with Gasteiger partial charge in [0.15, 0.2) is 0 Å². The topological polar surface area (TPSA) is 47.3 Å². The number of para-hydroxylation sites is 2. The van der Waals surface area contributed by atoms with Crippen molar-refractivity contribution in [1.82, 2.24) is 9.55 Å². The third kappa shape index (κ3) is 3.60. The molecule has 1 N–H and O–H groups in total. The number of ether oxygens (including phenoxy) is 1. The molecule has 0 amide bonds. The monoisotopic (exact) mass is 324 g/mol. The Bertz CT molecular complexity index is 839. The molecule has 24 heavy (non-hydrogen) atoms. The summed E-state index contributed by atoms with van der Waals surface area (Å²) in [6, 6.07) is 14.2. The molecule has 126 valence electrons. The average Bonchev–Trinajstić information content (AvgIpc) is 2.88. The molecular formula is C20H24N2O2. The van der Waals surface area contributed by atoms with Gasteiger partial charge in [0.25, 0.3) is 0 Å². The Kier molecular flexibility index (Phi) is 4.86. The molecule has 0 spiro atoms. The highest BCUT2D eigenvalue weighted by Gasteiger charge is 2.12. The van der Waals surface area contributed by atoms with E-state index in [9.17, 15) is 5.11 Å². The highest BCUT2D eigenvalue weighted by Crippen LogP contribution is 2.19. The Morgan fingerprint density at radius 2 is 1.96 bits per heavy atom. The van der Waals surface area contributed by atoms with Gasteiger partial charge in [-0.2, -0.15) is 0 Å². The first-order valence-corrected chi connectivity index (χ1v) is 8.40. The fourth-order valence-corrected chi connectivity index (χ4v) is 2.99. The number of imidazole rings is 1. The number of aliphatic hydroxyl groups is 1. The van der Waals surface area contributed by atoms with Gasteiger partial charge in [0.05, 0.1) is 17.6 Å². The number of aliphatic hydroxyl groups excluding tert-OH is 1. The second-order valence-corrected chi connectivity index (χ2v) is 6.23. The molecule has 1 heterocycles. The van der Waals surface area contributed by atoms with E-state index in [4.69, 9.17) is 4.74 Å². The average molecular weight is 324 g/mol. The van der Waals surface area contributed by atoms with Crippen molar-refractivity contribution in [3.63, 3.8) is 0 Å². The number of benzene rings is 2. The Morgan fingerprint density at radius 3 is 2.75 bits per heavy atom. The second kappa shape index (κ2) is 7.05. The summed E-state index contributed by atoms with van der Waals surface area (Å²) in [5.74, 6) is 1.72. The molecule has 4 heteroatoms. The van der Waals surface area contributed by atoms with Crippen molar-refractivity contribution in [2.75, 3.05) is 6.61 Å². The normalized spacial score (nSPS) is 12.5. The maximum Gasteiger partial charge on any atom is 0.119 e. The van der Waals surface area contributed by atoms with Gasteiger partial charge in [-0.05, 0) is 55.7 Å².